The molecule has 11 nitrogen and oxygen atoms in total. The fourth-order valence-corrected chi connectivity index (χ4v) is 4.98. The summed E-state index contributed by atoms with van der Waals surface area (Å²) >= 11 is 0. The first-order valence-electron chi connectivity index (χ1n) is 13.3. The smallest absolute Gasteiger partial charge is 0.236 e. The van der Waals surface area contributed by atoms with Crippen LogP contribution in [0.25, 0.3) is 5.57 Å². The summed E-state index contributed by atoms with van der Waals surface area (Å²) in [7, 11) is 0. The van der Waals surface area contributed by atoms with Crippen LogP contribution >= 0.6 is 0 Å². The molecule has 0 bridgehead atoms. The Labute approximate surface area is 222 Å². The molecule has 3 aliphatic heterocycles. The van der Waals surface area contributed by atoms with Gasteiger partial charge in [-0.15, -0.1) is 0 Å². The third-order valence-corrected chi connectivity index (χ3v) is 7.17. The molecule has 0 radical (unpaired) electrons. The molecule has 38 heavy (non-hydrogen) atoms. The van der Waals surface area contributed by atoms with Crippen LogP contribution in [0, 0.1) is 11.3 Å². The number of carbonyl (C=O) groups is 1. The summed E-state index contributed by atoms with van der Waals surface area (Å²) in [5.74, 6) is 1.65. The average molecular weight is 519 g/mol. The van der Waals surface area contributed by atoms with E-state index in [9.17, 15) is 15.2 Å². The van der Waals surface area contributed by atoms with E-state index in [1.165, 1.54) is 0 Å². The van der Waals surface area contributed by atoms with Gasteiger partial charge in [-0.2, -0.15) is 5.26 Å². The fraction of sp³-hybridized carbons (Fsp3) is 0.481. The van der Waals surface area contributed by atoms with Gasteiger partial charge in [-0.05, 0) is 43.9 Å². The molecule has 0 spiro atoms. The monoisotopic (exact) mass is 518 g/mol. The Hall–Kier alpha value is -3.72. The SMILES string of the molecule is N#C/C(=C1/Nc2ccccc2O1)c1ccnc(NCCCC(O)N2CCN(CC(=O)N3CCCC3)CC2)n1. The summed E-state index contributed by atoms with van der Waals surface area (Å²) in [6, 6.07) is 11.3. The molecule has 3 N–H and O–H groups in total. The van der Waals surface area contributed by atoms with Crippen LogP contribution in [0.2, 0.25) is 0 Å². The lowest BCUT2D eigenvalue weighted by atomic mass is 10.2. The topological polar surface area (TPSA) is 130 Å². The van der Waals surface area contributed by atoms with Gasteiger partial charge in [-0.25, -0.2) is 9.97 Å². The first-order chi connectivity index (χ1) is 18.6. The summed E-state index contributed by atoms with van der Waals surface area (Å²) in [5, 5.41) is 26.7. The number of aromatic nitrogens is 2. The number of ether oxygens (including phenoxy) is 1. The van der Waals surface area contributed by atoms with Crippen molar-refractivity contribution in [1.29, 1.82) is 5.26 Å². The Balaban J connectivity index is 1.05. The van der Waals surface area contributed by atoms with Gasteiger partial charge in [0.15, 0.2) is 5.75 Å². The minimum atomic E-state index is -0.525. The molecule has 11 heteroatoms. The van der Waals surface area contributed by atoms with Crippen LogP contribution in [0.5, 0.6) is 5.75 Å². The lowest BCUT2D eigenvalue weighted by Gasteiger charge is -2.37. The first-order valence-corrected chi connectivity index (χ1v) is 13.3. The molecule has 0 aliphatic carbocycles. The lowest BCUT2D eigenvalue weighted by Crippen LogP contribution is -2.52. The summed E-state index contributed by atoms with van der Waals surface area (Å²) in [6.45, 7) is 5.91. The molecule has 3 aliphatic rings. The van der Waals surface area contributed by atoms with Gasteiger partial charge in [0.2, 0.25) is 17.7 Å². The molecule has 2 saturated heterocycles. The molecule has 1 unspecified atom stereocenters. The van der Waals surface area contributed by atoms with E-state index in [2.05, 4.69) is 36.5 Å². The van der Waals surface area contributed by atoms with Crippen LogP contribution < -0.4 is 15.4 Å². The highest BCUT2D eigenvalue weighted by molar-refractivity contribution is 5.82. The number of likely N-dealkylation sites (tertiary alicyclic amines) is 1. The molecule has 1 atom stereocenters. The van der Waals surface area contributed by atoms with Gasteiger partial charge >= 0.3 is 0 Å². The van der Waals surface area contributed by atoms with Crippen molar-refractivity contribution in [3.63, 3.8) is 0 Å². The number of nitrogens with one attached hydrogen (secondary N) is 2. The van der Waals surface area contributed by atoms with Gasteiger partial charge in [0, 0.05) is 52.0 Å². The molecule has 1 aromatic heterocycles. The number of hydrogen-bond donors (Lipinski definition) is 3. The largest absolute Gasteiger partial charge is 0.437 e. The van der Waals surface area contributed by atoms with Crippen molar-refractivity contribution in [2.75, 3.05) is 63.0 Å². The number of aliphatic hydroxyl groups excluding tert-OH is 1. The minimum Gasteiger partial charge on any atom is -0.437 e. The van der Waals surface area contributed by atoms with Crippen molar-refractivity contribution < 1.29 is 14.6 Å². The molecule has 4 heterocycles. The second kappa shape index (κ2) is 12.2. The number of rotatable bonds is 9. The molecule has 5 rings (SSSR count). The van der Waals surface area contributed by atoms with E-state index < -0.39 is 6.23 Å². The Morgan fingerprint density at radius 2 is 1.95 bits per heavy atom. The van der Waals surface area contributed by atoms with Gasteiger partial charge < -0.3 is 25.4 Å². The van der Waals surface area contributed by atoms with Gasteiger partial charge in [0.25, 0.3) is 0 Å². The molecular weight excluding hydrogens is 484 g/mol. The number of amides is 1. The molecule has 200 valence electrons. The predicted octanol–water partition coefficient (Wildman–Crippen LogP) is 1.92. The highest BCUT2D eigenvalue weighted by Crippen LogP contribution is 2.35. The maximum atomic E-state index is 12.4. The van der Waals surface area contributed by atoms with E-state index >= 15 is 0 Å². The highest BCUT2D eigenvalue weighted by Gasteiger charge is 2.26. The maximum absolute atomic E-state index is 12.4. The van der Waals surface area contributed by atoms with Crippen molar-refractivity contribution in [2.24, 2.45) is 0 Å². The first kappa shape index (κ1) is 25.9. The molecule has 1 aromatic carbocycles. The standard InChI is InChI=1S/C27H34N8O3/c28-18-20(26-31-22-6-1-2-7-23(22)38-26)21-9-11-30-27(32-21)29-10-5-8-24(36)35-16-14-33(15-17-35)19-25(37)34-12-3-4-13-34/h1-2,6-7,9,11,24,31,36H,3-5,8,10,12-17,19H2,(H,29,30,32)/b26-20+. The van der Waals surface area contributed by atoms with E-state index in [0.29, 0.717) is 48.4 Å². The van der Waals surface area contributed by atoms with Crippen molar-refractivity contribution in [1.82, 2.24) is 24.7 Å². The number of benzene rings is 1. The summed E-state index contributed by atoms with van der Waals surface area (Å²) < 4.78 is 5.80. The highest BCUT2D eigenvalue weighted by atomic mass is 16.5. The molecule has 2 fully saturated rings. The van der Waals surface area contributed by atoms with Crippen molar-refractivity contribution >= 4 is 23.1 Å². The number of fused-ring (bicyclic) bond motifs is 1. The Morgan fingerprint density at radius 1 is 1.16 bits per heavy atom. The number of piperazine rings is 1. The van der Waals surface area contributed by atoms with E-state index in [4.69, 9.17) is 4.74 Å². The van der Waals surface area contributed by atoms with Crippen LogP contribution in [0.4, 0.5) is 11.6 Å². The zero-order valence-electron chi connectivity index (χ0n) is 21.5. The summed E-state index contributed by atoms with van der Waals surface area (Å²) in [6.07, 6.45) is 4.64. The van der Waals surface area contributed by atoms with Gasteiger partial charge in [-0.3, -0.25) is 14.6 Å². The number of nitrogens with zero attached hydrogens (tertiary/aromatic N) is 6. The van der Waals surface area contributed by atoms with E-state index in [1.54, 1.807) is 12.3 Å². The molecule has 2 aromatic rings. The summed E-state index contributed by atoms with van der Waals surface area (Å²) in [5.41, 5.74) is 1.56. The van der Waals surface area contributed by atoms with Crippen LogP contribution in [0.15, 0.2) is 42.4 Å². The second-order valence-electron chi connectivity index (χ2n) is 9.75. The van der Waals surface area contributed by atoms with Crippen LogP contribution in [-0.2, 0) is 4.79 Å². The number of anilines is 2. The van der Waals surface area contributed by atoms with Gasteiger partial charge in [0.1, 0.15) is 17.9 Å². The fourth-order valence-electron chi connectivity index (χ4n) is 4.98. The zero-order valence-corrected chi connectivity index (χ0v) is 21.5. The number of allylic oxidation sites excluding steroid dienone is 1. The maximum Gasteiger partial charge on any atom is 0.236 e. The van der Waals surface area contributed by atoms with E-state index in [0.717, 1.165) is 64.2 Å². The Bertz CT molecular complexity index is 1170. The molecular formula is C27H34N8O3. The Kier molecular flexibility index (Phi) is 8.33. The number of hydrogen-bond acceptors (Lipinski definition) is 10. The third-order valence-electron chi connectivity index (χ3n) is 7.17. The number of carbonyl (C=O) groups excluding carboxylic acids is 1. The summed E-state index contributed by atoms with van der Waals surface area (Å²) in [4.78, 5) is 27.4. The average Bonchev–Trinajstić information content (AvgIpc) is 3.63. The quantitative estimate of drug-likeness (QED) is 0.334. The van der Waals surface area contributed by atoms with Crippen LogP contribution in [0.3, 0.4) is 0 Å². The molecule has 1 amide bonds. The van der Waals surface area contributed by atoms with Crippen molar-refractivity contribution in [3.05, 3.63) is 48.1 Å². The van der Waals surface area contributed by atoms with Crippen LogP contribution in [0.1, 0.15) is 31.4 Å². The lowest BCUT2D eigenvalue weighted by molar-refractivity contribution is -0.132. The second-order valence-corrected chi connectivity index (χ2v) is 9.75. The third kappa shape index (κ3) is 6.22. The Morgan fingerprint density at radius 3 is 2.71 bits per heavy atom. The minimum absolute atomic E-state index is 0.226. The van der Waals surface area contributed by atoms with Gasteiger partial charge in [0.05, 0.1) is 17.9 Å². The number of aliphatic hydroxyl groups is 1. The van der Waals surface area contributed by atoms with Crippen molar-refractivity contribution in [3.8, 4) is 11.8 Å². The van der Waals surface area contributed by atoms with E-state index in [-0.39, 0.29) is 5.91 Å². The normalized spacial score (nSPS) is 19.7. The number of nitriles is 1. The number of para-hydroxylation sites is 2. The van der Waals surface area contributed by atoms with Crippen LogP contribution in [-0.4, -0.2) is 94.3 Å². The van der Waals surface area contributed by atoms with Gasteiger partial charge in [-0.1, -0.05) is 12.1 Å². The zero-order chi connectivity index (χ0) is 26.3. The molecule has 0 saturated carbocycles. The predicted molar refractivity (Wildman–Crippen MR) is 143 cm³/mol. The van der Waals surface area contributed by atoms with E-state index in [1.807, 2.05) is 29.2 Å². The van der Waals surface area contributed by atoms with Crippen molar-refractivity contribution in [2.45, 2.75) is 31.9 Å².